The summed E-state index contributed by atoms with van der Waals surface area (Å²) >= 11 is 5.96. The summed E-state index contributed by atoms with van der Waals surface area (Å²) in [5, 5.41) is 15.1. The van der Waals surface area contributed by atoms with Crippen molar-refractivity contribution in [2.24, 2.45) is 0 Å². The number of nitriles is 1. The van der Waals surface area contributed by atoms with E-state index in [9.17, 15) is 10.1 Å². The lowest BCUT2D eigenvalue weighted by Crippen LogP contribution is -2.32. The van der Waals surface area contributed by atoms with E-state index in [1.807, 2.05) is 66.7 Å². The molecular formula is C26H23ClN2O3. The maximum atomic E-state index is 12.7. The van der Waals surface area contributed by atoms with Gasteiger partial charge in [-0.3, -0.25) is 4.79 Å². The average molecular weight is 447 g/mol. The van der Waals surface area contributed by atoms with E-state index in [2.05, 4.69) is 5.32 Å². The number of hydrogen-bond donors (Lipinski definition) is 1. The molecule has 1 amide bonds. The number of carbonyl (C=O) groups excluding carboxylic acids is 1. The van der Waals surface area contributed by atoms with Crippen molar-refractivity contribution in [3.63, 3.8) is 0 Å². The number of rotatable bonds is 7. The molecule has 0 bridgehead atoms. The smallest absolute Gasteiger partial charge is 0.262 e. The van der Waals surface area contributed by atoms with Crippen LogP contribution in [0.5, 0.6) is 5.75 Å². The number of benzene rings is 3. The molecule has 0 radical (unpaired) electrons. The predicted octanol–water partition coefficient (Wildman–Crippen LogP) is 5.27. The van der Waals surface area contributed by atoms with Crippen molar-refractivity contribution < 1.29 is 14.3 Å². The predicted molar refractivity (Wildman–Crippen MR) is 125 cm³/mol. The lowest BCUT2D eigenvalue weighted by atomic mass is 10.0. The Morgan fingerprint density at radius 3 is 2.75 bits per heavy atom. The van der Waals surface area contributed by atoms with E-state index in [4.69, 9.17) is 21.1 Å². The quantitative estimate of drug-likeness (QED) is 0.396. The molecule has 3 aromatic rings. The summed E-state index contributed by atoms with van der Waals surface area (Å²) in [6.45, 7) is 1.45. The summed E-state index contributed by atoms with van der Waals surface area (Å²) in [5.74, 6) is 0.179. The van der Waals surface area contributed by atoms with Crippen LogP contribution < -0.4 is 10.1 Å². The molecule has 0 aliphatic carbocycles. The zero-order valence-corrected chi connectivity index (χ0v) is 18.3. The molecule has 32 heavy (non-hydrogen) atoms. The van der Waals surface area contributed by atoms with E-state index in [1.165, 1.54) is 0 Å². The topological polar surface area (TPSA) is 71.3 Å². The molecule has 162 valence electrons. The van der Waals surface area contributed by atoms with Crippen molar-refractivity contribution in [2.75, 3.05) is 13.2 Å². The van der Waals surface area contributed by atoms with Gasteiger partial charge in [0, 0.05) is 23.7 Å². The lowest BCUT2D eigenvalue weighted by Gasteiger charge is -2.13. The molecule has 0 saturated carbocycles. The number of halogens is 1. The molecule has 3 aromatic carbocycles. The van der Waals surface area contributed by atoms with Gasteiger partial charge in [-0.25, -0.2) is 0 Å². The third-order valence-electron chi connectivity index (χ3n) is 5.41. The molecule has 0 spiro atoms. The molecule has 1 heterocycles. The van der Waals surface area contributed by atoms with Crippen molar-refractivity contribution in [3.8, 4) is 11.8 Å². The summed E-state index contributed by atoms with van der Waals surface area (Å²) in [4.78, 5) is 12.7. The molecule has 1 atom stereocenters. The normalized spacial score (nSPS) is 16.0. The fourth-order valence-electron chi connectivity index (χ4n) is 3.69. The fourth-order valence-corrected chi connectivity index (χ4v) is 3.82. The number of amides is 1. The number of ether oxygens (including phenoxy) is 2. The largest absolute Gasteiger partial charge is 0.488 e. The molecule has 1 aliphatic heterocycles. The highest BCUT2D eigenvalue weighted by Crippen LogP contribution is 2.31. The van der Waals surface area contributed by atoms with Crippen LogP contribution >= 0.6 is 11.6 Å². The highest BCUT2D eigenvalue weighted by Gasteiger charge is 2.18. The number of nitrogens with one attached hydrogen (secondary N) is 1. The van der Waals surface area contributed by atoms with Crippen molar-refractivity contribution >= 4 is 34.4 Å². The first-order valence-electron chi connectivity index (χ1n) is 10.5. The van der Waals surface area contributed by atoms with Crippen LogP contribution in [0.15, 0.2) is 66.2 Å². The minimum Gasteiger partial charge on any atom is -0.488 e. The number of carbonyl (C=O) groups is 1. The third-order valence-corrected chi connectivity index (χ3v) is 5.66. The van der Waals surface area contributed by atoms with Gasteiger partial charge in [0.05, 0.1) is 6.10 Å². The van der Waals surface area contributed by atoms with Gasteiger partial charge in [-0.15, -0.1) is 0 Å². The van der Waals surface area contributed by atoms with Gasteiger partial charge in [-0.2, -0.15) is 5.26 Å². The molecule has 1 aliphatic rings. The molecule has 5 nitrogen and oxygen atoms in total. The Hall–Kier alpha value is -3.33. The van der Waals surface area contributed by atoms with Gasteiger partial charge in [-0.1, -0.05) is 54.1 Å². The van der Waals surface area contributed by atoms with Gasteiger partial charge in [0.25, 0.3) is 5.91 Å². The van der Waals surface area contributed by atoms with E-state index in [0.717, 1.165) is 29.2 Å². The first-order chi connectivity index (χ1) is 15.6. The molecule has 1 fully saturated rings. The number of nitrogens with zero attached hydrogens (tertiary/aromatic N) is 1. The van der Waals surface area contributed by atoms with Crippen LogP contribution in [0.3, 0.4) is 0 Å². The lowest BCUT2D eigenvalue weighted by molar-refractivity contribution is -0.117. The molecule has 0 aromatic heterocycles. The minimum atomic E-state index is -0.417. The summed E-state index contributed by atoms with van der Waals surface area (Å²) < 4.78 is 11.6. The highest BCUT2D eigenvalue weighted by atomic mass is 35.5. The van der Waals surface area contributed by atoms with Crippen LogP contribution in [-0.2, 0) is 16.1 Å². The van der Waals surface area contributed by atoms with E-state index in [-0.39, 0.29) is 11.7 Å². The van der Waals surface area contributed by atoms with Crippen LogP contribution in [0.2, 0.25) is 5.02 Å². The van der Waals surface area contributed by atoms with E-state index >= 15 is 0 Å². The van der Waals surface area contributed by atoms with Gasteiger partial charge in [0.1, 0.15) is 24.0 Å². The molecule has 1 saturated heterocycles. The molecule has 6 heteroatoms. The summed E-state index contributed by atoms with van der Waals surface area (Å²) in [6.07, 6.45) is 3.52. The molecular weight excluding hydrogens is 424 g/mol. The fraction of sp³-hybridized carbons (Fsp3) is 0.231. The second-order valence-electron chi connectivity index (χ2n) is 7.63. The second-order valence-corrected chi connectivity index (χ2v) is 8.06. The summed E-state index contributed by atoms with van der Waals surface area (Å²) in [5.41, 5.74) is 1.68. The van der Waals surface area contributed by atoms with Crippen LogP contribution in [-0.4, -0.2) is 25.2 Å². The van der Waals surface area contributed by atoms with Crippen LogP contribution in [0.1, 0.15) is 24.0 Å². The maximum absolute atomic E-state index is 12.7. The van der Waals surface area contributed by atoms with Gasteiger partial charge >= 0.3 is 0 Å². The average Bonchev–Trinajstić information content (AvgIpc) is 3.35. The standard InChI is InChI=1S/C26H23ClN2O3/c27-21-10-7-18(8-11-21)17-32-25-12-9-19-4-1-2-6-23(19)24(25)14-20(15-28)26(30)29-16-22-5-3-13-31-22/h1-2,4,6-12,14,22H,3,5,13,16-17H2,(H,29,30)/b20-14+/t22-/m0/s1. The second kappa shape index (κ2) is 10.3. The van der Waals surface area contributed by atoms with Gasteiger partial charge in [0.2, 0.25) is 0 Å². The van der Waals surface area contributed by atoms with Crippen LogP contribution in [0, 0.1) is 11.3 Å². The van der Waals surface area contributed by atoms with Crippen molar-refractivity contribution in [2.45, 2.75) is 25.6 Å². The molecule has 4 rings (SSSR count). The Kier molecular flexibility index (Phi) is 7.06. The van der Waals surface area contributed by atoms with Gasteiger partial charge < -0.3 is 14.8 Å². The Morgan fingerprint density at radius 2 is 2.00 bits per heavy atom. The first kappa shape index (κ1) is 21.9. The SMILES string of the molecule is N#C/C(=C\c1c(OCc2ccc(Cl)cc2)ccc2ccccc12)C(=O)NC[C@@H]1CCCO1. The Morgan fingerprint density at radius 1 is 1.19 bits per heavy atom. The van der Waals surface area contributed by atoms with Gasteiger partial charge in [0.15, 0.2) is 0 Å². The Bertz CT molecular complexity index is 1180. The summed E-state index contributed by atoms with van der Waals surface area (Å²) in [6, 6.07) is 21.1. The molecule has 0 unspecified atom stereocenters. The number of hydrogen-bond acceptors (Lipinski definition) is 4. The Labute approximate surface area is 192 Å². The van der Waals surface area contributed by atoms with E-state index in [1.54, 1.807) is 6.08 Å². The highest BCUT2D eigenvalue weighted by molar-refractivity contribution is 6.30. The van der Waals surface area contributed by atoms with Crippen molar-refractivity contribution in [1.82, 2.24) is 5.32 Å². The number of fused-ring (bicyclic) bond motifs is 1. The molecule has 1 N–H and O–H groups in total. The van der Waals surface area contributed by atoms with Crippen LogP contribution in [0.4, 0.5) is 0 Å². The third kappa shape index (κ3) is 5.28. The van der Waals surface area contributed by atoms with E-state index < -0.39 is 5.91 Å². The van der Waals surface area contributed by atoms with Crippen molar-refractivity contribution in [3.05, 3.63) is 82.4 Å². The van der Waals surface area contributed by atoms with E-state index in [0.29, 0.717) is 36.1 Å². The Balaban J connectivity index is 1.62. The zero-order valence-electron chi connectivity index (χ0n) is 17.5. The monoisotopic (exact) mass is 446 g/mol. The first-order valence-corrected chi connectivity index (χ1v) is 10.9. The summed E-state index contributed by atoms with van der Waals surface area (Å²) in [7, 11) is 0. The van der Waals surface area contributed by atoms with Crippen LogP contribution in [0.25, 0.3) is 16.8 Å². The zero-order chi connectivity index (χ0) is 22.3. The maximum Gasteiger partial charge on any atom is 0.262 e. The van der Waals surface area contributed by atoms with Gasteiger partial charge in [-0.05, 0) is 53.5 Å². The van der Waals surface area contributed by atoms with Crippen molar-refractivity contribution in [1.29, 1.82) is 5.26 Å². The minimum absolute atomic E-state index is 0.00900.